The van der Waals surface area contributed by atoms with Gasteiger partial charge in [-0.05, 0) is 49.8 Å². The molecule has 0 bridgehead atoms. The Bertz CT molecular complexity index is 920. The number of hydrogen-bond donors (Lipinski definition) is 0. The summed E-state index contributed by atoms with van der Waals surface area (Å²) in [7, 11) is 0. The van der Waals surface area contributed by atoms with E-state index in [0.29, 0.717) is 11.1 Å². The van der Waals surface area contributed by atoms with Crippen molar-refractivity contribution in [3.05, 3.63) is 72.6 Å². The summed E-state index contributed by atoms with van der Waals surface area (Å²) in [5, 5.41) is 4.95. The third kappa shape index (κ3) is 5.07. The van der Waals surface area contributed by atoms with E-state index in [0.717, 1.165) is 38.0 Å². The van der Waals surface area contributed by atoms with Crippen LogP contribution in [-0.2, 0) is 11.2 Å². The number of likely N-dealkylation sites (tertiary alicyclic amines) is 1. The molecule has 2 aromatic carbocycles. The van der Waals surface area contributed by atoms with Crippen LogP contribution in [0, 0.1) is 5.92 Å². The zero-order chi connectivity index (χ0) is 20.1. The van der Waals surface area contributed by atoms with Gasteiger partial charge in [0.05, 0.1) is 10.9 Å². The first-order chi connectivity index (χ1) is 14.2. The molecule has 0 radical (unpaired) electrons. The minimum absolute atomic E-state index is 0.184. The van der Waals surface area contributed by atoms with E-state index in [1.54, 1.807) is 11.0 Å². The molecule has 1 atom stereocenters. The third-order valence-electron chi connectivity index (χ3n) is 5.41. The number of hydrogen-bond acceptors (Lipinski definition) is 4. The van der Waals surface area contributed by atoms with Gasteiger partial charge in [0.2, 0.25) is 11.1 Å². The van der Waals surface area contributed by atoms with Crippen molar-refractivity contribution < 1.29 is 4.79 Å². The average Bonchev–Trinajstić information content (AvgIpc) is 3.23. The summed E-state index contributed by atoms with van der Waals surface area (Å²) in [4.78, 5) is 19.3. The average molecular weight is 407 g/mol. The van der Waals surface area contributed by atoms with Gasteiger partial charge in [-0.25, -0.2) is 9.67 Å². The van der Waals surface area contributed by atoms with Crippen molar-refractivity contribution in [3.8, 4) is 5.69 Å². The summed E-state index contributed by atoms with van der Waals surface area (Å²) in [5.74, 6) is 0.844. The SMILES string of the molecule is CC(Sc1ncn(-c2ccccc2)n1)C(=O)N1CCC(Cc2ccccc2)CC1. The number of aromatic nitrogens is 3. The van der Waals surface area contributed by atoms with E-state index >= 15 is 0 Å². The van der Waals surface area contributed by atoms with Crippen LogP contribution in [0.25, 0.3) is 5.69 Å². The summed E-state index contributed by atoms with van der Waals surface area (Å²) < 4.78 is 1.74. The number of piperidine rings is 1. The van der Waals surface area contributed by atoms with E-state index in [-0.39, 0.29) is 11.2 Å². The molecule has 1 unspecified atom stereocenters. The number of amides is 1. The lowest BCUT2D eigenvalue weighted by Crippen LogP contribution is -2.42. The van der Waals surface area contributed by atoms with Crippen LogP contribution in [-0.4, -0.2) is 43.9 Å². The molecule has 6 heteroatoms. The number of thioether (sulfide) groups is 1. The Morgan fingerprint density at radius 2 is 1.72 bits per heavy atom. The number of nitrogens with zero attached hydrogens (tertiary/aromatic N) is 4. The second kappa shape index (κ2) is 9.27. The molecule has 1 aliphatic heterocycles. The van der Waals surface area contributed by atoms with Crippen molar-refractivity contribution in [2.45, 2.75) is 36.6 Å². The Morgan fingerprint density at radius 3 is 2.41 bits per heavy atom. The first-order valence-electron chi connectivity index (χ1n) is 10.2. The van der Waals surface area contributed by atoms with Gasteiger partial charge in [-0.15, -0.1) is 5.10 Å². The highest BCUT2D eigenvalue weighted by molar-refractivity contribution is 8.00. The predicted molar refractivity (Wildman–Crippen MR) is 116 cm³/mol. The van der Waals surface area contributed by atoms with Crippen LogP contribution < -0.4 is 0 Å². The van der Waals surface area contributed by atoms with Gasteiger partial charge in [-0.3, -0.25) is 4.79 Å². The van der Waals surface area contributed by atoms with Crippen molar-refractivity contribution in [1.82, 2.24) is 19.7 Å². The minimum atomic E-state index is -0.188. The molecule has 0 spiro atoms. The van der Waals surface area contributed by atoms with E-state index in [1.807, 2.05) is 42.2 Å². The molecule has 5 nitrogen and oxygen atoms in total. The maximum Gasteiger partial charge on any atom is 0.235 e. The Hall–Kier alpha value is -2.60. The van der Waals surface area contributed by atoms with Crippen LogP contribution in [0.2, 0.25) is 0 Å². The van der Waals surface area contributed by atoms with E-state index in [1.165, 1.54) is 17.3 Å². The van der Waals surface area contributed by atoms with Crippen LogP contribution in [0.1, 0.15) is 25.3 Å². The number of carbonyl (C=O) groups is 1. The zero-order valence-electron chi connectivity index (χ0n) is 16.6. The van der Waals surface area contributed by atoms with Crippen LogP contribution in [0.5, 0.6) is 0 Å². The van der Waals surface area contributed by atoms with Gasteiger partial charge in [-0.1, -0.05) is 60.3 Å². The van der Waals surface area contributed by atoms with E-state index < -0.39 is 0 Å². The first-order valence-corrected chi connectivity index (χ1v) is 11.0. The second-order valence-electron chi connectivity index (χ2n) is 7.53. The topological polar surface area (TPSA) is 51.0 Å². The highest BCUT2D eigenvalue weighted by Gasteiger charge is 2.27. The van der Waals surface area contributed by atoms with Crippen LogP contribution in [0.15, 0.2) is 72.1 Å². The zero-order valence-corrected chi connectivity index (χ0v) is 17.5. The van der Waals surface area contributed by atoms with E-state index in [2.05, 4.69) is 40.4 Å². The minimum Gasteiger partial charge on any atom is -0.342 e. The Labute approximate surface area is 176 Å². The van der Waals surface area contributed by atoms with Crippen LogP contribution in [0.3, 0.4) is 0 Å². The van der Waals surface area contributed by atoms with Gasteiger partial charge < -0.3 is 4.90 Å². The molecular formula is C23H26N4OS. The van der Waals surface area contributed by atoms with Crippen molar-refractivity contribution in [1.29, 1.82) is 0 Å². The lowest BCUT2D eigenvalue weighted by Gasteiger charge is -2.33. The van der Waals surface area contributed by atoms with Gasteiger partial charge in [-0.2, -0.15) is 0 Å². The van der Waals surface area contributed by atoms with Gasteiger partial charge in [0.25, 0.3) is 0 Å². The molecule has 150 valence electrons. The van der Waals surface area contributed by atoms with Crippen molar-refractivity contribution in [2.24, 2.45) is 5.92 Å². The van der Waals surface area contributed by atoms with Gasteiger partial charge >= 0.3 is 0 Å². The Balaban J connectivity index is 1.28. The summed E-state index contributed by atoms with van der Waals surface area (Å²) in [5.41, 5.74) is 2.35. The molecule has 1 aliphatic rings. The number of para-hydroxylation sites is 1. The molecular weight excluding hydrogens is 380 g/mol. The third-order valence-corrected chi connectivity index (χ3v) is 6.37. The smallest absolute Gasteiger partial charge is 0.235 e. The monoisotopic (exact) mass is 406 g/mol. The summed E-state index contributed by atoms with van der Waals surface area (Å²) >= 11 is 1.43. The van der Waals surface area contributed by atoms with Gasteiger partial charge in [0.1, 0.15) is 6.33 Å². The lowest BCUT2D eigenvalue weighted by atomic mass is 9.90. The van der Waals surface area contributed by atoms with Gasteiger partial charge in [0, 0.05) is 13.1 Å². The normalized spacial score (nSPS) is 16.0. The highest BCUT2D eigenvalue weighted by atomic mass is 32.2. The van der Waals surface area contributed by atoms with Crippen LogP contribution >= 0.6 is 11.8 Å². The second-order valence-corrected chi connectivity index (χ2v) is 8.83. The Morgan fingerprint density at radius 1 is 1.07 bits per heavy atom. The summed E-state index contributed by atoms with van der Waals surface area (Å²) in [6, 6.07) is 20.5. The molecule has 4 rings (SSSR count). The molecule has 29 heavy (non-hydrogen) atoms. The summed E-state index contributed by atoms with van der Waals surface area (Å²) in [6.07, 6.45) is 4.94. The molecule has 0 saturated carbocycles. The van der Waals surface area contributed by atoms with Crippen molar-refractivity contribution >= 4 is 17.7 Å². The number of rotatable bonds is 6. The Kier molecular flexibility index (Phi) is 6.30. The number of benzene rings is 2. The molecule has 3 aromatic rings. The van der Waals surface area contributed by atoms with E-state index in [9.17, 15) is 4.79 Å². The van der Waals surface area contributed by atoms with Crippen molar-refractivity contribution in [3.63, 3.8) is 0 Å². The fraction of sp³-hybridized carbons (Fsp3) is 0.348. The fourth-order valence-electron chi connectivity index (χ4n) is 3.78. The molecule has 1 amide bonds. The molecule has 0 aliphatic carbocycles. The first kappa shape index (κ1) is 19.7. The number of carbonyl (C=O) groups excluding carboxylic acids is 1. The largest absolute Gasteiger partial charge is 0.342 e. The quantitative estimate of drug-likeness (QED) is 0.575. The maximum absolute atomic E-state index is 12.9. The maximum atomic E-state index is 12.9. The standard InChI is InChI=1S/C23H26N4OS/c1-18(29-23-24-17-27(25-23)21-10-6-3-7-11-21)22(28)26-14-12-20(13-15-26)16-19-8-4-2-5-9-19/h2-11,17-18,20H,12-16H2,1H3. The molecule has 1 aromatic heterocycles. The predicted octanol–water partition coefficient (Wildman–Crippen LogP) is 4.23. The molecule has 2 heterocycles. The summed E-state index contributed by atoms with van der Waals surface area (Å²) in [6.45, 7) is 3.63. The van der Waals surface area contributed by atoms with Crippen molar-refractivity contribution in [2.75, 3.05) is 13.1 Å². The van der Waals surface area contributed by atoms with E-state index in [4.69, 9.17) is 0 Å². The van der Waals surface area contributed by atoms with Gasteiger partial charge in [0.15, 0.2) is 0 Å². The highest BCUT2D eigenvalue weighted by Crippen LogP contribution is 2.26. The molecule has 1 saturated heterocycles. The lowest BCUT2D eigenvalue weighted by molar-refractivity contribution is -0.131. The molecule has 1 fully saturated rings. The molecule has 0 N–H and O–H groups in total. The fourth-order valence-corrected chi connectivity index (χ4v) is 4.59. The van der Waals surface area contributed by atoms with Crippen LogP contribution in [0.4, 0.5) is 0 Å².